The van der Waals surface area contributed by atoms with Crippen molar-refractivity contribution < 1.29 is 24.2 Å². The van der Waals surface area contributed by atoms with Crippen molar-refractivity contribution in [2.75, 3.05) is 26.9 Å². The van der Waals surface area contributed by atoms with Crippen LogP contribution in [0.2, 0.25) is 0 Å². The van der Waals surface area contributed by atoms with Crippen LogP contribution in [0.15, 0.2) is 24.5 Å². The van der Waals surface area contributed by atoms with Crippen molar-refractivity contribution in [3.8, 4) is 11.4 Å². The normalized spacial score (nSPS) is 17.3. The monoisotopic (exact) mass is 347 g/mol. The molecule has 1 aromatic carbocycles. The van der Waals surface area contributed by atoms with E-state index in [0.29, 0.717) is 30.2 Å². The summed E-state index contributed by atoms with van der Waals surface area (Å²) >= 11 is 0. The third kappa shape index (κ3) is 3.58. The van der Waals surface area contributed by atoms with E-state index in [1.54, 1.807) is 18.2 Å². The molecular formula is C15H17N5O5. The predicted octanol–water partition coefficient (Wildman–Crippen LogP) is -0.0134. The lowest BCUT2D eigenvalue weighted by atomic mass is 10.1. The number of amides is 1. The SMILES string of the molecule is COc1ccc(C(=O)N2CCOCC2CC(=O)O)cc1-n1cnnn1. The van der Waals surface area contributed by atoms with Gasteiger partial charge in [0.2, 0.25) is 0 Å². The fourth-order valence-corrected chi connectivity index (χ4v) is 2.73. The van der Waals surface area contributed by atoms with Gasteiger partial charge in [-0.15, -0.1) is 5.10 Å². The molecule has 1 atom stereocenters. The fourth-order valence-electron chi connectivity index (χ4n) is 2.73. The smallest absolute Gasteiger partial charge is 0.305 e. The van der Waals surface area contributed by atoms with Gasteiger partial charge in [-0.25, -0.2) is 0 Å². The van der Waals surface area contributed by atoms with Crippen molar-refractivity contribution in [2.45, 2.75) is 12.5 Å². The molecule has 0 bridgehead atoms. The Kier molecular flexibility index (Phi) is 4.89. The van der Waals surface area contributed by atoms with Gasteiger partial charge in [-0.1, -0.05) is 0 Å². The van der Waals surface area contributed by atoms with Crippen LogP contribution in [0.1, 0.15) is 16.8 Å². The molecule has 2 heterocycles. The molecule has 0 aliphatic carbocycles. The highest BCUT2D eigenvalue weighted by Crippen LogP contribution is 2.25. The molecule has 25 heavy (non-hydrogen) atoms. The van der Waals surface area contributed by atoms with E-state index >= 15 is 0 Å². The zero-order valence-corrected chi connectivity index (χ0v) is 13.5. The second-order valence-corrected chi connectivity index (χ2v) is 5.47. The molecule has 1 aliphatic heterocycles. The van der Waals surface area contributed by atoms with Crippen LogP contribution in [-0.4, -0.2) is 75.0 Å². The minimum absolute atomic E-state index is 0.165. The Morgan fingerprint density at radius 3 is 2.96 bits per heavy atom. The number of carbonyl (C=O) groups is 2. The van der Waals surface area contributed by atoms with Crippen LogP contribution in [0.3, 0.4) is 0 Å². The number of tetrazole rings is 1. The van der Waals surface area contributed by atoms with Crippen molar-refractivity contribution in [3.05, 3.63) is 30.1 Å². The Hall–Kier alpha value is -3.01. The van der Waals surface area contributed by atoms with Gasteiger partial charge in [-0.2, -0.15) is 4.68 Å². The van der Waals surface area contributed by atoms with Crippen LogP contribution in [0.5, 0.6) is 5.75 Å². The van der Waals surface area contributed by atoms with Crippen LogP contribution in [0.25, 0.3) is 5.69 Å². The van der Waals surface area contributed by atoms with E-state index in [0.717, 1.165) is 0 Å². The van der Waals surface area contributed by atoms with Crippen molar-refractivity contribution in [1.29, 1.82) is 0 Å². The van der Waals surface area contributed by atoms with Crippen molar-refractivity contribution in [3.63, 3.8) is 0 Å². The number of benzene rings is 1. The standard InChI is InChI=1S/C15H17N5O5/c1-24-13-3-2-10(6-12(13)20-9-16-17-18-20)15(23)19-4-5-25-8-11(19)7-14(21)22/h2-3,6,9,11H,4-5,7-8H2,1H3,(H,21,22). The number of hydrogen-bond acceptors (Lipinski definition) is 7. The van der Waals surface area contributed by atoms with E-state index in [-0.39, 0.29) is 18.9 Å². The number of carbonyl (C=O) groups excluding carboxylic acids is 1. The molecule has 1 N–H and O–H groups in total. The molecule has 0 spiro atoms. The highest BCUT2D eigenvalue weighted by atomic mass is 16.5. The van der Waals surface area contributed by atoms with Crippen LogP contribution in [0, 0.1) is 0 Å². The average Bonchev–Trinajstić information content (AvgIpc) is 3.15. The topological polar surface area (TPSA) is 120 Å². The molecule has 1 aromatic heterocycles. The summed E-state index contributed by atoms with van der Waals surface area (Å²) in [6.45, 7) is 0.912. The summed E-state index contributed by atoms with van der Waals surface area (Å²) < 4.78 is 12.0. The quantitative estimate of drug-likeness (QED) is 0.802. The number of hydrogen-bond donors (Lipinski definition) is 1. The van der Waals surface area contributed by atoms with Gasteiger partial charge in [-0.3, -0.25) is 9.59 Å². The highest BCUT2D eigenvalue weighted by Gasteiger charge is 2.30. The maximum Gasteiger partial charge on any atom is 0.305 e. The Morgan fingerprint density at radius 2 is 2.28 bits per heavy atom. The van der Waals surface area contributed by atoms with Gasteiger partial charge in [0.05, 0.1) is 32.8 Å². The number of aromatic nitrogens is 4. The Bertz CT molecular complexity index is 764. The zero-order valence-electron chi connectivity index (χ0n) is 13.5. The summed E-state index contributed by atoms with van der Waals surface area (Å²) in [5, 5.41) is 20.0. The highest BCUT2D eigenvalue weighted by molar-refractivity contribution is 5.95. The first-order valence-corrected chi connectivity index (χ1v) is 7.62. The number of aliphatic carboxylic acids is 1. The largest absolute Gasteiger partial charge is 0.494 e. The first-order valence-electron chi connectivity index (χ1n) is 7.62. The molecule has 1 saturated heterocycles. The summed E-state index contributed by atoms with van der Waals surface area (Å²) in [5.74, 6) is -0.739. The lowest BCUT2D eigenvalue weighted by Gasteiger charge is -2.35. The minimum Gasteiger partial charge on any atom is -0.494 e. The van der Waals surface area contributed by atoms with Crippen molar-refractivity contribution >= 4 is 11.9 Å². The first kappa shape index (κ1) is 16.8. The second kappa shape index (κ2) is 7.26. The maximum absolute atomic E-state index is 12.9. The zero-order chi connectivity index (χ0) is 17.8. The third-order valence-electron chi connectivity index (χ3n) is 3.92. The summed E-state index contributed by atoms with van der Waals surface area (Å²) in [7, 11) is 1.51. The molecule has 1 fully saturated rings. The number of nitrogens with zero attached hydrogens (tertiary/aromatic N) is 5. The first-order chi connectivity index (χ1) is 12.1. The van der Waals surface area contributed by atoms with E-state index in [4.69, 9.17) is 14.6 Å². The number of ether oxygens (including phenoxy) is 2. The molecule has 1 amide bonds. The number of carboxylic acids is 1. The Morgan fingerprint density at radius 1 is 1.44 bits per heavy atom. The predicted molar refractivity (Wildman–Crippen MR) is 83.6 cm³/mol. The van der Waals surface area contributed by atoms with Crippen LogP contribution in [0.4, 0.5) is 0 Å². The van der Waals surface area contributed by atoms with Crippen LogP contribution >= 0.6 is 0 Å². The van der Waals surface area contributed by atoms with Gasteiger partial charge in [0, 0.05) is 12.1 Å². The molecule has 132 valence electrons. The molecule has 1 aliphatic rings. The summed E-state index contributed by atoms with van der Waals surface area (Å²) in [4.78, 5) is 25.4. The number of methoxy groups -OCH3 is 1. The van der Waals surface area contributed by atoms with Gasteiger partial charge in [0.15, 0.2) is 0 Å². The van der Waals surface area contributed by atoms with E-state index in [2.05, 4.69) is 15.5 Å². The van der Waals surface area contributed by atoms with E-state index in [1.807, 2.05) is 0 Å². The van der Waals surface area contributed by atoms with Gasteiger partial charge in [0.1, 0.15) is 17.8 Å². The van der Waals surface area contributed by atoms with Crippen LogP contribution < -0.4 is 4.74 Å². The lowest BCUT2D eigenvalue weighted by Crippen LogP contribution is -2.49. The van der Waals surface area contributed by atoms with Gasteiger partial charge >= 0.3 is 5.97 Å². The Balaban J connectivity index is 1.91. The molecule has 1 unspecified atom stereocenters. The van der Waals surface area contributed by atoms with Gasteiger partial charge in [0.25, 0.3) is 5.91 Å². The summed E-state index contributed by atoms with van der Waals surface area (Å²) in [6, 6.07) is 4.39. The molecule has 0 radical (unpaired) electrons. The Labute approximate surface area is 142 Å². The van der Waals surface area contributed by atoms with E-state index in [9.17, 15) is 9.59 Å². The molecule has 2 aromatic rings. The molecule has 3 rings (SSSR count). The number of carboxylic acid groups (broad SMARTS) is 1. The van der Waals surface area contributed by atoms with E-state index in [1.165, 1.54) is 23.0 Å². The number of rotatable bonds is 5. The third-order valence-corrected chi connectivity index (χ3v) is 3.92. The van der Waals surface area contributed by atoms with E-state index < -0.39 is 12.0 Å². The van der Waals surface area contributed by atoms with Gasteiger partial charge in [-0.05, 0) is 28.6 Å². The lowest BCUT2D eigenvalue weighted by molar-refractivity contribution is -0.139. The molecule has 10 heteroatoms. The average molecular weight is 347 g/mol. The molecule has 10 nitrogen and oxygen atoms in total. The minimum atomic E-state index is -0.975. The van der Waals surface area contributed by atoms with Gasteiger partial charge < -0.3 is 19.5 Å². The number of morpholine rings is 1. The van der Waals surface area contributed by atoms with Crippen molar-refractivity contribution in [2.24, 2.45) is 0 Å². The van der Waals surface area contributed by atoms with Crippen LogP contribution in [-0.2, 0) is 9.53 Å². The molecule has 0 saturated carbocycles. The maximum atomic E-state index is 12.9. The molecular weight excluding hydrogens is 330 g/mol. The summed E-state index contributed by atoms with van der Waals surface area (Å²) in [5.41, 5.74) is 0.907. The summed E-state index contributed by atoms with van der Waals surface area (Å²) in [6.07, 6.45) is 1.23. The van der Waals surface area contributed by atoms with Crippen molar-refractivity contribution in [1.82, 2.24) is 25.1 Å². The second-order valence-electron chi connectivity index (χ2n) is 5.47. The fraction of sp³-hybridized carbons (Fsp3) is 0.400.